The highest BCUT2D eigenvalue weighted by Gasteiger charge is 2.38. The number of carbonyl (C=O) groups is 1. The summed E-state index contributed by atoms with van der Waals surface area (Å²) in [6.45, 7) is 1.18. The Bertz CT molecular complexity index is 1390. The lowest BCUT2D eigenvalue weighted by Gasteiger charge is -2.34. The minimum atomic E-state index is -4.90. The van der Waals surface area contributed by atoms with Gasteiger partial charge in [-0.25, -0.2) is 13.8 Å². The summed E-state index contributed by atoms with van der Waals surface area (Å²) in [5.74, 6) is -3.07. The van der Waals surface area contributed by atoms with E-state index in [9.17, 15) is 27.2 Å². The summed E-state index contributed by atoms with van der Waals surface area (Å²) in [6.07, 6.45) is -4.35. The Kier molecular flexibility index (Phi) is 7.65. The van der Waals surface area contributed by atoms with Crippen molar-refractivity contribution >= 4 is 17.5 Å². The molecular weight excluding hydrogens is 521 g/mol. The quantitative estimate of drug-likeness (QED) is 0.397. The van der Waals surface area contributed by atoms with Crippen molar-refractivity contribution in [3.63, 3.8) is 0 Å². The van der Waals surface area contributed by atoms with E-state index in [-0.39, 0.29) is 35.5 Å². The molecular formula is C25H21ClF5N3O3. The van der Waals surface area contributed by atoms with Gasteiger partial charge in [0, 0.05) is 34.8 Å². The molecule has 1 aromatic heterocycles. The van der Waals surface area contributed by atoms with Gasteiger partial charge in [-0.3, -0.25) is 9.59 Å². The van der Waals surface area contributed by atoms with E-state index in [1.165, 1.54) is 25.1 Å². The van der Waals surface area contributed by atoms with Crippen LogP contribution in [0.4, 0.5) is 22.0 Å². The zero-order valence-corrected chi connectivity index (χ0v) is 20.1. The van der Waals surface area contributed by atoms with Crippen LogP contribution in [0.15, 0.2) is 41.2 Å². The van der Waals surface area contributed by atoms with Crippen molar-refractivity contribution in [2.75, 3.05) is 0 Å². The molecule has 0 saturated heterocycles. The minimum Gasteiger partial charge on any atom is -0.373 e. The molecule has 12 heteroatoms. The molecule has 2 aromatic carbocycles. The van der Waals surface area contributed by atoms with E-state index in [0.717, 1.165) is 12.1 Å². The number of hydrogen-bond donors (Lipinski definition) is 2. The first-order valence-corrected chi connectivity index (χ1v) is 11.6. The van der Waals surface area contributed by atoms with E-state index in [1.54, 1.807) is 0 Å². The van der Waals surface area contributed by atoms with Gasteiger partial charge < -0.3 is 15.0 Å². The number of carbonyl (C=O) groups excluding carboxylic acids is 1. The molecule has 0 spiro atoms. The van der Waals surface area contributed by atoms with Gasteiger partial charge in [0.25, 0.3) is 5.56 Å². The Morgan fingerprint density at radius 2 is 1.86 bits per heavy atom. The van der Waals surface area contributed by atoms with E-state index in [4.69, 9.17) is 16.3 Å². The lowest BCUT2D eigenvalue weighted by atomic mass is 9.81. The Labute approximate surface area is 212 Å². The molecule has 1 aliphatic rings. The Morgan fingerprint density at radius 3 is 2.51 bits per heavy atom. The van der Waals surface area contributed by atoms with Crippen LogP contribution in [-0.4, -0.2) is 22.0 Å². The van der Waals surface area contributed by atoms with E-state index in [1.807, 2.05) is 0 Å². The number of ether oxygens (including phenoxy) is 1. The SMILES string of the molecule is Cc1cc(=O)[nH]c(-c2c(C(F)(F)F)ccc(CNC(=O)C3CC(OCc4ccc(F)cc4Cl)C3)c2F)n1. The first-order valence-electron chi connectivity index (χ1n) is 11.2. The molecule has 1 amide bonds. The fourth-order valence-electron chi connectivity index (χ4n) is 4.01. The third kappa shape index (κ3) is 6.16. The highest BCUT2D eigenvalue weighted by Crippen LogP contribution is 2.38. The fourth-order valence-corrected chi connectivity index (χ4v) is 4.23. The summed E-state index contributed by atoms with van der Waals surface area (Å²) < 4.78 is 74.8. The average molecular weight is 542 g/mol. The number of aryl methyl sites for hydroxylation is 1. The highest BCUT2D eigenvalue weighted by atomic mass is 35.5. The maximum Gasteiger partial charge on any atom is 0.417 e. The number of aromatic nitrogens is 2. The molecule has 0 unspecified atom stereocenters. The van der Waals surface area contributed by atoms with Crippen LogP contribution in [0.5, 0.6) is 0 Å². The van der Waals surface area contributed by atoms with Crippen LogP contribution in [0, 0.1) is 24.5 Å². The van der Waals surface area contributed by atoms with Crippen LogP contribution in [-0.2, 0) is 28.9 Å². The standard InChI is InChI=1S/C25H21ClF5N3O3/c1-12-6-20(35)34-23(33-12)21-18(25(29,30)31)5-3-13(22(21)28)10-32-24(36)15-7-17(8-15)37-11-14-2-4-16(27)9-19(14)26/h2-6,9,15,17H,7-8,10-11H2,1H3,(H,32,36)(H,33,34,35). The zero-order chi connectivity index (χ0) is 26.9. The number of nitrogens with zero attached hydrogens (tertiary/aromatic N) is 1. The third-order valence-electron chi connectivity index (χ3n) is 6.04. The van der Waals surface area contributed by atoms with Crippen molar-refractivity contribution in [3.05, 3.63) is 85.8 Å². The number of halogens is 6. The molecule has 0 aliphatic heterocycles. The van der Waals surface area contributed by atoms with Crippen LogP contribution < -0.4 is 10.9 Å². The van der Waals surface area contributed by atoms with Gasteiger partial charge in [-0.2, -0.15) is 13.2 Å². The van der Waals surface area contributed by atoms with Crippen LogP contribution in [0.2, 0.25) is 5.02 Å². The predicted octanol–water partition coefficient (Wildman–Crippen LogP) is 5.31. The number of H-pyrrole nitrogens is 1. The van der Waals surface area contributed by atoms with E-state index < -0.39 is 52.1 Å². The summed E-state index contributed by atoms with van der Waals surface area (Å²) in [6, 6.07) is 6.65. The topological polar surface area (TPSA) is 84.1 Å². The van der Waals surface area contributed by atoms with Gasteiger partial charge >= 0.3 is 6.18 Å². The molecule has 1 saturated carbocycles. The van der Waals surface area contributed by atoms with Gasteiger partial charge in [0.1, 0.15) is 17.5 Å². The van der Waals surface area contributed by atoms with E-state index in [0.29, 0.717) is 24.5 Å². The minimum absolute atomic E-state index is 0.119. The highest BCUT2D eigenvalue weighted by molar-refractivity contribution is 6.31. The monoisotopic (exact) mass is 541 g/mol. The van der Waals surface area contributed by atoms with Crippen molar-refractivity contribution in [2.45, 2.75) is 45.2 Å². The molecule has 196 valence electrons. The summed E-state index contributed by atoms with van der Waals surface area (Å²) in [5, 5.41) is 2.77. The summed E-state index contributed by atoms with van der Waals surface area (Å²) in [5.41, 5.74) is -2.39. The summed E-state index contributed by atoms with van der Waals surface area (Å²) in [4.78, 5) is 30.3. The smallest absolute Gasteiger partial charge is 0.373 e. The summed E-state index contributed by atoms with van der Waals surface area (Å²) in [7, 11) is 0. The number of rotatable bonds is 7. The van der Waals surface area contributed by atoms with Gasteiger partial charge in [-0.15, -0.1) is 0 Å². The molecule has 0 radical (unpaired) electrons. The van der Waals surface area contributed by atoms with Crippen LogP contribution in [0.25, 0.3) is 11.4 Å². The molecule has 2 N–H and O–H groups in total. The van der Waals surface area contributed by atoms with Gasteiger partial charge in [0.15, 0.2) is 0 Å². The van der Waals surface area contributed by atoms with Crippen molar-refractivity contribution in [3.8, 4) is 11.4 Å². The van der Waals surface area contributed by atoms with Crippen LogP contribution >= 0.6 is 11.6 Å². The number of benzene rings is 2. The Balaban J connectivity index is 1.40. The Morgan fingerprint density at radius 1 is 1.16 bits per heavy atom. The molecule has 6 nitrogen and oxygen atoms in total. The maximum absolute atomic E-state index is 15.3. The number of amides is 1. The van der Waals surface area contributed by atoms with Crippen molar-refractivity contribution in [1.29, 1.82) is 0 Å². The lowest BCUT2D eigenvalue weighted by molar-refractivity contribution is -0.137. The molecule has 1 heterocycles. The predicted molar refractivity (Wildman–Crippen MR) is 125 cm³/mol. The molecule has 0 bridgehead atoms. The van der Waals surface area contributed by atoms with Crippen molar-refractivity contribution in [2.24, 2.45) is 5.92 Å². The molecule has 0 atom stereocenters. The molecule has 37 heavy (non-hydrogen) atoms. The third-order valence-corrected chi connectivity index (χ3v) is 6.39. The number of hydrogen-bond acceptors (Lipinski definition) is 4. The second kappa shape index (κ2) is 10.6. The number of alkyl halides is 3. The first-order chi connectivity index (χ1) is 17.4. The second-order valence-electron chi connectivity index (χ2n) is 8.75. The second-order valence-corrected chi connectivity index (χ2v) is 9.16. The van der Waals surface area contributed by atoms with E-state index in [2.05, 4.69) is 15.3 Å². The van der Waals surface area contributed by atoms with Gasteiger partial charge in [-0.05, 0) is 43.5 Å². The lowest BCUT2D eigenvalue weighted by Crippen LogP contribution is -2.42. The van der Waals surface area contributed by atoms with Gasteiger partial charge in [0.05, 0.1) is 23.8 Å². The summed E-state index contributed by atoms with van der Waals surface area (Å²) >= 11 is 5.97. The van der Waals surface area contributed by atoms with Crippen LogP contribution in [0.1, 0.15) is 35.2 Å². The largest absolute Gasteiger partial charge is 0.417 e. The zero-order valence-electron chi connectivity index (χ0n) is 19.4. The number of nitrogens with one attached hydrogen (secondary N) is 2. The van der Waals surface area contributed by atoms with Gasteiger partial charge in [-0.1, -0.05) is 23.7 Å². The average Bonchev–Trinajstić information content (AvgIpc) is 2.76. The molecule has 3 aromatic rings. The van der Waals surface area contributed by atoms with Crippen molar-refractivity contribution in [1.82, 2.24) is 15.3 Å². The van der Waals surface area contributed by atoms with Gasteiger partial charge in [0.2, 0.25) is 5.91 Å². The molecule has 4 rings (SSSR count). The normalized spacial score (nSPS) is 17.4. The molecule has 1 fully saturated rings. The number of aromatic amines is 1. The maximum atomic E-state index is 15.3. The van der Waals surface area contributed by atoms with Crippen LogP contribution in [0.3, 0.4) is 0 Å². The van der Waals surface area contributed by atoms with Crippen molar-refractivity contribution < 1.29 is 31.5 Å². The molecule has 1 aliphatic carbocycles. The van der Waals surface area contributed by atoms with E-state index >= 15 is 4.39 Å². The Hall–Kier alpha value is -3.31. The first kappa shape index (κ1) is 26.7. The fraction of sp³-hybridized carbons (Fsp3) is 0.320.